The fourth-order valence-electron chi connectivity index (χ4n) is 1.38. The van der Waals surface area contributed by atoms with Gasteiger partial charge in [0.2, 0.25) is 0 Å². The van der Waals surface area contributed by atoms with E-state index in [9.17, 15) is 14.8 Å². The van der Waals surface area contributed by atoms with Gasteiger partial charge in [0, 0.05) is 6.54 Å². The molecule has 0 fully saturated rings. The van der Waals surface area contributed by atoms with Crippen molar-refractivity contribution in [3.8, 4) is 0 Å². The average Bonchev–Trinajstić information content (AvgIpc) is 2.44. The molecule has 2 amide bonds. The van der Waals surface area contributed by atoms with Crippen molar-refractivity contribution in [1.29, 1.82) is 0 Å². The Morgan fingerprint density at radius 2 is 2.00 bits per heavy atom. The molecule has 0 saturated heterocycles. The highest BCUT2D eigenvalue weighted by Crippen LogP contribution is 2.01. The van der Waals surface area contributed by atoms with E-state index in [1.807, 2.05) is 30.3 Å². The van der Waals surface area contributed by atoms with Crippen LogP contribution in [0.25, 0.3) is 0 Å². The van der Waals surface area contributed by atoms with Crippen molar-refractivity contribution in [2.75, 3.05) is 6.54 Å². The fourth-order valence-corrected chi connectivity index (χ4v) is 1.38. The fraction of sp³-hybridized carbons (Fsp3) is 0.385. The Labute approximate surface area is 111 Å². The predicted molar refractivity (Wildman–Crippen MR) is 68.4 cm³/mol. The van der Waals surface area contributed by atoms with Gasteiger partial charge < -0.3 is 10.1 Å². The van der Waals surface area contributed by atoms with Crippen molar-refractivity contribution in [1.82, 2.24) is 10.4 Å². The molecule has 1 aromatic carbocycles. The molecule has 1 atom stereocenters. The Morgan fingerprint density at radius 3 is 2.58 bits per heavy atom. The van der Waals surface area contributed by atoms with Gasteiger partial charge in [-0.15, -0.1) is 0 Å². The summed E-state index contributed by atoms with van der Waals surface area (Å²) in [7, 11) is 0. The second kappa shape index (κ2) is 7.38. The van der Waals surface area contributed by atoms with Crippen LogP contribution in [0, 0.1) is 0 Å². The number of carbonyl (C=O) groups is 2. The standard InChI is InChI=1S/C13H18N2O4/c1-3-15(18)12(16)10(2)14-13(17)19-9-11-7-5-4-6-8-11/h4-8,10,18H,3,9H2,1-2H3,(H,14,17)/t10-/m0/s1. The molecule has 0 saturated carbocycles. The van der Waals surface area contributed by atoms with E-state index in [-0.39, 0.29) is 13.2 Å². The SMILES string of the molecule is CCN(O)C(=O)[C@H](C)NC(=O)OCc1ccccc1. The van der Waals surface area contributed by atoms with Crippen molar-refractivity contribution in [3.05, 3.63) is 35.9 Å². The van der Waals surface area contributed by atoms with E-state index in [1.54, 1.807) is 6.92 Å². The molecule has 104 valence electrons. The van der Waals surface area contributed by atoms with Crippen molar-refractivity contribution in [3.63, 3.8) is 0 Å². The van der Waals surface area contributed by atoms with Crippen LogP contribution in [0.2, 0.25) is 0 Å². The lowest BCUT2D eigenvalue weighted by Crippen LogP contribution is -2.45. The molecule has 2 N–H and O–H groups in total. The van der Waals surface area contributed by atoms with E-state index in [0.29, 0.717) is 5.06 Å². The number of nitrogens with one attached hydrogen (secondary N) is 1. The maximum absolute atomic E-state index is 11.5. The third-order valence-corrected chi connectivity index (χ3v) is 2.47. The summed E-state index contributed by atoms with van der Waals surface area (Å²) in [5, 5.41) is 12.1. The molecule has 0 unspecified atom stereocenters. The maximum atomic E-state index is 11.5. The van der Waals surface area contributed by atoms with Crippen molar-refractivity contribution < 1.29 is 19.5 Å². The van der Waals surface area contributed by atoms with Gasteiger partial charge in [-0.2, -0.15) is 0 Å². The number of alkyl carbamates (subject to hydrolysis) is 1. The zero-order valence-electron chi connectivity index (χ0n) is 11.0. The molecule has 0 aliphatic rings. The number of hydroxylamine groups is 2. The second-order valence-electron chi connectivity index (χ2n) is 3.98. The van der Waals surface area contributed by atoms with Crippen LogP contribution in [-0.2, 0) is 16.1 Å². The van der Waals surface area contributed by atoms with Crippen LogP contribution in [0.3, 0.4) is 0 Å². The maximum Gasteiger partial charge on any atom is 0.408 e. The van der Waals surface area contributed by atoms with E-state index in [1.165, 1.54) is 6.92 Å². The van der Waals surface area contributed by atoms with Crippen LogP contribution < -0.4 is 5.32 Å². The summed E-state index contributed by atoms with van der Waals surface area (Å²) in [5.74, 6) is -0.584. The average molecular weight is 266 g/mol. The van der Waals surface area contributed by atoms with E-state index in [2.05, 4.69) is 5.32 Å². The Hall–Kier alpha value is -2.08. The predicted octanol–water partition coefficient (Wildman–Crippen LogP) is 1.54. The van der Waals surface area contributed by atoms with Crippen molar-refractivity contribution in [2.24, 2.45) is 0 Å². The minimum atomic E-state index is -0.840. The quantitative estimate of drug-likeness (QED) is 0.626. The van der Waals surface area contributed by atoms with Crippen LogP contribution >= 0.6 is 0 Å². The van der Waals surface area contributed by atoms with E-state index >= 15 is 0 Å². The highest BCUT2D eigenvalue weighted by molar-refractivity contribution is 5.84. The molecule has 0 aliphatic carbocycles. The molecule has 0 aliphatic heterocycles. The minimum absolute atomic E-state index is 0.129. The molecule has 1 rings (SSSR count). The lowest BCUT2D eigenvalue weighted by atomic mass is 10.2. The Kier molecular flexibility index (Phi) is 5.81. The molecule has 0 radical (unpaired) electrons. The number of likely N-dealkylation sites (N-methyl/N-ethyl adjacent to an activating group) is 1. The Morgan fingerprint density at radius 1 is 1.37 bits per heavy atom. The highest BCUT2D eigenvalue weighted by atomic mass is 16.5. The molecule has 6 heteroatoms. The first-order valence-corrected chi connectivity index (χ1v) is 6.02. The van der Waals surface area contributed by atoms with Gasteiger partial charge in [0.05, 0.1) is 0 Å². The Balaban J connectivity index is 2.37. The minimum Gasteiger partial charge on any atom is -0.445 e. The van der Waals surface area contributed by atoms with Gasteiger partial charge in [-0.1, -0.05) is 30.3 Å². The Bertz CT molecular complexity index is 422. The topological polar surface area (TPSA) is 78.9 Å². The van der Waals surface area contributed by atoms with E-state index < -0.39 is 18.0 Å². The number of hydrogen-bond acceptors (Lipinski definition) is 4. The summed E-state index contributed by atoms with van der Waals surface area (Å²) in [4.78, 5) is 22.9. The van der Waals surface area contributed by atoms with Crippen LogP contribution in [0.5, 0.6) is 0 Å². The lowest BCUT2D eigenvalue weighted by Gasteiger charge is -2.18. The molecular weight excluding hydrogens is 248 g/mol. The summed E-state index contributed by atoms with van der Waals surface area (Å²) >= 11 is 0. The summed E-state index contributed by atoms with van der Waals surface area (Å²) in [5.41, 5.74) is 0.856. The molecule has 1 aromatic rings. The molecule has 6 nitrogen and oxygen atoms in total. The molecule has 0 aromatic heterocycles. The van der Waals surface area contributed by atoms with Gasteiger partial charge >= 0.3 is 6.09 Å². The zero-order chi connectivity index (χ0) is 14.3. The largest absolute Gasteiger partial charge is 0.445 e. The number of carbonyl (C=O) groups excluding carboxylic acids is 2. The molecule has 0 bridgehead atoms. The van der Waals surface area contributed by atoms with Crippen LogP contribution in [0.1, 0.15) is 19.4 Å². The number of benzene rings is 1. The normalized spacial score (nSPS) is 11.5. The summed E-state index contributed by atoms with van der Waals surface area (Å²) in [6.07, 6.45) is -0.700. The second-order valence-corrected chi connectivity index (χ2v) is 3.98. The summed E-state index contributed by atoms with van der Waals surface area (Å²) < 4.78 is 4.96. The monoisotopic (exact) mass is 266 g/mol. The highest BCUT2D eigenvalue weighted by Gasteiger charge is 2.20. The third-order valence-electron chi connectivity index (χ3n) is 2.47. The van der Waals surface area contributed by atoms with Crippen LogP contribution in [-0.4, -0.2) is 34.9 Å². The first kappa shape index (κ1) is 15.0. The van der Waals surface area contributed by atoms with Gasteiger partial charge in [-0.25, -0.2) is 9.86 Å². The van der Waals surface area contributed by atoms with Crippen LogP contribution in [0.15, 0.2) is 30.3 Å². The molecule has 0 heterocycles. The van der Waals surface area contributed by atoms with Crippen LogP contribution in [0.4, 0.5) is 4.79 Å². The van der Waals surface area contributed by atoms with Gasteiger partial charge in [0.25, 0.3) is 5.91 Å². The van der Waals surface area contributed by atoms with Gasteiger partial charge in [0.15, 0.2) is 0 Å². The third kappa shape index (κ3) is 4.97. The number of nitrogens with zero attached hydrogens (tertiary/aromatic N) is 1. The van der Waals surface area contributed by atoms with Gasteiger partial charge in [0.1, 0.15) is 12.6 Å². The van der Waals surface area contributed by atoms with E-state index in [4.69, 9.17) is 4.74 Å². The number of amides is 2. The smallest absolute Gasteiger partial charge is 0.408 e. The van der Waals surface area contributed by atoms with E-state index in [0.717, 1.165) is 5.56 Å². The lowest BCUT2D eigenvalue weighted by molar-refractivity contribution is -0.166. The van der Waals surface area contributed by atoms with Crippen molar-refractivity contribution in [2.45, 2.75) is 26.5 Å². The number of rotatable bonds is 5. The molecule has 19 heavy (non-hydrogen) atoms. The van der Waals surface area contributed by atoms with Crippen molar-refractivity contribution >= 4 is 12.0 Å². The van der Waals surface area contributed by atoms with Gasteiger partial charge in [-0.05, 0) is 19.4 Å². The summed E-state index contributed by atoms with van der Waals surface area (Å²) in [6, 6.07) is 8.36. The van der Waals surface area contributed by atoms with Gasteiger partial charge in [-0.3, -0.25) is 10.0 Å². The summed E-state index contributed by atoms with van der Waals surface area (Å²) in [6.45, 7) is 3.39. The molecule has 0 spiro atoms. The zero-order valence-corrected chi connectivity index (χ0v) is 11.0. The molecular formula is C13H18N2O4. The number of ether oxygens (including phenoxy) is 1. The first-order valence-electron chi connectivity index (χ1n) is 6.02. The first-order chi connectivity index (χ1) is 9.04. The number of hydrogen-bond donors (Lipinski definition) is 2.